The summed E-state index contributed by atoms with van der Waals surface area (Å²) in [5, 5.41) is 4.41. The quantitative estimate of drug-likeness (QED) is 0.894. The molecule has 2 nitrogen and oxygen atoms in total. The molecule has 1 N–H and O–H groups in total. The molecule has 1 aliphatic rings. The summed E-state index contributed by atoms with van der Waals surface area (Å²) >= 11 is 5.94. The van der Waals surface area contributed by atoms with Gasteiger partial charge in [-0.3, -0.25) is 0 Å². The molecule has 2 atom stereocenters. The molecule has 2 aromatic rings. The largest absolute Gasteiger partial charge is 0.493 e. The van der Waals surface area contributed by atoms with Crippen molar-refractivity contribution in [2.45, 2.75) is 25.3 Å². The van der Waals surface area contributed by atoms with E-state index in [9.17, 15) is 0 Å². The number of benzene rings is 2. The van der Waals surface area contributed by atoms with Crippen LogP contribution in [-0.4, -0.2) is 13.2 Å². The number of nitrogens with one attached hydrogen (secondary N) is 1. The molecule has 3 heteroatoms. The van der Waals surface area contributed by atoms with Crippen molar-refractivity contribution in [1.82, 2.24) is 5.32 Å². The average Bonchev–Trinajstić information content (AvgIpc) is 2.53. The van der Waals surface area contributed by atoms with E-state index in [0.717, 1.165) is 30.3 Å². The normalized spacial score (nSPS) is 18.7. The molecule has 21 heavy (non-hydrogen) atoms. The zero-order valence-corrected chi connectivity index (χ0v) is 12.9. The van der Waals surface area contributed by atoms with Gasteiger partial charge in [-0.1, -0.05) is 41.9 Å². The predicted octanol–water partition coefficient (Wildman–Crippen LogP) is 4.56. The molecule has 1 aliphatic heterocycles. The Bertz CT molecular complexity index is 596. The summed E-state index contributed by atoms with van der Waals surface area (Å²) in [7, 11) is 0. The van der Waals surface area contributed by atoms with Crippen LogP contribution in [0.5, 0.6) is 5.75 Å². The van der Waals surface area contributed by atoms with Crippen molar-refractivity contribution in [3.63, 3.8) is 0 Å². The molecule has 0 radical (unpaired) electrons. The lowest BCUT2D eigenvalue weighted by atomic mass is 9.92. The van der Waals surface area contributed by atoms with Crippen LogP contribution in [-0.2, 0) is 0 Å². The standard InChI is InChI=1S/C18H20ClNO/c1-13(14-6-8-16(19)9-7-14)20-12-15-10-11-21-18-5-3-2-4-17(15)18/h2-9,13,15,20H,10-12H2,1H3/t13-,15?/m1/s1. The number of hydrogen-bond donors (Lipinski definition) is 1. The molecule has 0 bridgehead atoms. The molecule has 110 valence electrons. The molecule has 3 rings (SSSR count). The van der Waals surface area contributed by atoms with Crippen molar-refractivity contribution < 1.29 is 4.74 Å². The highest BCUT2D eigenvalue weighted by atomic mass is 35.5. The molecular weight excluding hydrogens is 282 g/mol. The Morgan fingerprint density at radius 2 is 1.95 bits per heavy atom. The second kappa shape index (κ2) is 6.50. The molecule has 0 amide bonds. The van der Waals surface area contributed by atoms with Crippen LogP contribution in [0.1, 0.15) is 36.4 Å². The number of halogens is 1. The monoisotopic (exact) mass is 301 g/mol. The third-order valence-corrected chi connectivity index (χ3v) is 4.38. The van der Waals surface area contributed by atoms with Gasteiger partial charge in [0.05, 0.1) is 6.61 Å². The Balaban J connectivity index is 1.64. The van der Waals surface area contributed by atoms with Crippen LogP contribution in [0.15, 0.2) is 48.5 Å². The van der Waals surface area contributed by atoms with E-state index in [1.165, 1.54) is 11.1 Å². The topological polar surface area (TPSA) is 21.3 Å². The summed E-state index contributed by atoms with van der Waals surface area (Å²) in [5.41, 5.74) is 2.58. The molecule has 0 saturated carbocycles. The van der Waals surface area contributed by atoms with Crippen molar-refractivity contribution in [1.29, 1.82) is 0 Å². The Kier molecular flexibility index (Phi) is 4.47. The van der Waals surface area contributed by atoms with Gasteiger partial charge in [-0.25, -0.2) is 0 Å². The maximum absolute atomic E-state index is 5.94. The molecule has 0 saturated heterocycles. The molecule has 0 fully saturated rings. The van der Waals surface area contributed by atoms with Gasteiger partial charge in [0, 0.05) is 23.5 Å². The molecular formula is C18H20ClNO. The lowest BCUT2D eigenvalue weighted by Crippen LogP contribution is -2.28. The van der Waals surface area contributed by atoms with E-state index in [1.807, 2.05) is 18.2 Å². The second-order valence-corrected chi connectivity index (χ2v) is 5.99. The summed E-state index contributed by atoms with van der Waals surface area (Å²) in [6, 6.07) is 16.7. The van der Waals surface area contributed by atoms with Crippen molar-refractivity contribution in [3.05, 3.63) is 64.7 Å². The van der Waals surface area contributed by atoms with E-state index in [2.05, 4.69) is 42.6 Å². The number of rotatable bonds is 4. The minimum Gasteiger partial charge on any atom is -0.493 e. The zero-order chi connectivity index (χ0) is 14.7. The molecule has 1 heterocycles. The van der Waals surface area contributed by atoms with Crippen molar-refractivity contribution in [2.75, 3.05) is 13.2 Å². The maximum atomic E-state index is 5.94. The van der Waals surface area contributed by atoms with E-state index >= 15 is 0 Å². The average molecular weight is 302 g/mol. The van der Waals surface area contributed by atoms with Crippen LogP contribution in [0.4, 0.5) is 0 Å². The summed E-state index contributed by atoms with van der Waals surface area (Å²) in [6.07, 6.45) is 1.07. The van der Waals surface area contributed by atoms with Crippen molar-refractivity contribution in [3.8, 4) is 5.75 Å². The van der Waals surface area contributed by atoms with Crippen LogP contribution < -0.4 is 10.1 Å². The first-order valence-electron chi connectivity index (χ1n) is 7.44. The molecule has 0 spiro atoms. The van der Waals surface area contributed by atoms with E-state index in [4.69, 9.17) is 16.3 Å². The first-order valence-corrected chi connectivity index (χ1v) is 7.82. The highest BCUT2D eigenvalue weighted by molar-refractivity contribution is 6.30. The summed E-state index contributed by atoms with van der Waals surface area (Å²) in [5.74, 6) is 1.55. The first-order chi connectivity index (χ1) is 10.2. The Morgan fingerprint density at radius 3 is 2.76 bits per heavy atom. The molecule has 0 aliphatic carbocycles. The van der Waals surface area contributed by atoms with Gasteiger partial charge >= 0.3 is 0 Å². The second-order valence-electron chi connectivity index (χ2n) is 5.55. The lowest BCUT2D eigenvalue weighted by Gasteiger charge is -2.27. The van der Waals surface area contributed by atoms with Crippen molar-refractivity contribution >= 4 is 11.6 Å². The minimum absolute atomic E-state index is 0.317. The van der Waals surface area contributed by atoms with Crippen LogP contribution in [0, 0.1) is 0 Å². The van der Waals surface area contributed by atoms with E-state index in [0.29, 0.717) is 12.0 Å². The maximum Gasteiger partial charge on any atom is 0.122 e. The summed E-state index contributed by atoms with van der Waals surface area (Å²) in [6.45, 7) is 3.96. The molecule has 1 unspecified atom stereocenters. The Morgan fingerprint density at radius 1 is 1.19 bits per heavy atom. The zero-order valence-electron chi connectivity index (χ0n) is 12.2. The number of ether oxygens (including phenoxy) is 1. The van der Waals surface area contributed by atoms with Crippen LogP contribution in [0.3, 0.4) is 0 Å². The highest BCUT2D eigenvalue weighted by Gasteiger charge is 2.21. The van der Waals surface area contributed by atoms with E-state index < -0.39 is 0 Å². The number of fused-ring (bicyclic) bond motifs is 1. The van der Waals surface area contributed by atoms with Crippen LogP contribution >= 0.6 is 11.6 Å². The van der Waals surface area contributed by atoms with Gasteiger partial charge in [0.25, 0.3) is 0 Å². The molecule has 0 aromatic heterocycles. The van der Waals surface area contributed by atoms with Crippen LogP contribution in [0.2, 0.25) is 5.02 Å². The summed E-state index contributed by atoms with van der Waals surface area (Å²) in [4.78, 5) is 0. The van der Waals surface area contributed by atoms with Gasteiger partial charge in [-0.2, -0.15) is 0 Å². The fourth-order valence-corrected chi connectivity index (χ4v) is 2.94. The summed E-state index contributed by atoms with van der Waals surface area (Å²) < 4.78 is 5.72. The smallest absolute Gasteiger partial charge is 0.122 e. The Hall–Kier alpha value is -1.51. The third kappa shape index (κ3) is 3.39. The SMILES string of the molecule is C[C@@H](NCC1CCOc2ccccc21)c1ccc(Cl)cc1. The number of para-hydroxylation sites is 1. The minimum atomic E-state index is 0.317. The van der Waals surface area contributed by atoms with Crippen LogP contribution in [0.25, 0.3) is 0 Å². The van der Waals surface area contributed by atoms with Gasteiger partial charge in [0.1, 0.15) is 5.75 Å². The first kappa shape index (κ1) is 14.4. The Labute approximate surface area is 131 Å². The number of hydrogen-bond acceptors (Lipinski definition) is 2. The fraction of sp³-hybridized carbons (Fsp3) is 0.333. The lowest BCUT2D eigenvalue weighted by molar-refractivity contribution is 0.263. The van der Waals surface area contributed by atoms with Crippen molar-refractivity contribution in [2.24, 2.45) is 0 Å². The third-order valence-electron chi connectivity index (χ3n) is 4.12. The van der Waals surface area contributed by atoms with Gasteiger partial charge in [-0.05, 0) is 42.7 Å². The van der Waals surface area contributed by atoms with Gasteiger partial charge in [0.2, 0.25) is 0 Å². The van der Waals surface area contributed by atoms with Gasteiger partial charge < -0.3 is 10.1 Å². The highest BCUT2D eigenvalue weighted by Crippen LogP contribution is 2.33. The molecule has 2 aromatic carbocycles. The van der Waals surface area contributed by atoms with E-state index in [-0.39, 0.29) is 0 Å². The fourth-order valence-electron chi connectivity index (χ4n) is 2.82. The van der Waals surface area contributed by atoms with Gasteiger partial charge in [-0.15, -0.1) is 0 Å². The van der Waals surface area contributed by atoms with Gasteiger partial charge in [0.15, 0.2) is 0 Å². The predicted molar refractivity (Wildman–Crippen MR) is 87.2 cm³/mol. The van der Waals surface area contributed by atoms with E-state index in [1.54, 1.807) is 0 Å².